The number of halogens is 1. The van der Waals surface area contributed by atoms with Crippen LogP contribution in [0.25, 0.3) is 0 Å². The fourth-order valence-corrected chi connectivity index (χ4v) is 2.93. The van der Waals surface area contributed by atoms with Crippen molar-refractivity contribution >= 4 is 29.7 Å². The minimum Gasteiger partial charge on any atom is -0.347 e. The summed E-state index contributed by atoms with van der Waals surface area (Å²) in [6, 6.07) is 0.213. The van der Waals surface area contributed by atoms with Gasteiger partial charge in [-0.1, -0.05) is 27.7 Å². The van der Waals surface area contributed by atoms with Gasteiger partial charge in [-0.3, -0.25) is 4.79 Å². The van der Waals surface area contributed by atoms with Gasteiger partial charge in [0.25, 0.3) is 5.91 Å². The number of thiazole rings is 1. The van der Waals surface area contributed by atoms with Crippen molar-refractivity contribution in [2.24, 2.45) is 16.6 Å². The van der Waals surface area contributed by atoms with E-state index in [-0.39, 0.29) is 35.2 Å². The maximum Gasteiger partial charge on any atom is 0.271 e. The normalized spacial score (nSPS) is 20.1. The van der Waals surface area contributed by atoms with Gasteiger partial charge in [-0.2, -0.15) is 0 Å². The van der Waals surface area contributed by atoms with Crippen LogP contribution < -0.4 is 11.1 Å². The van der Waals surface area contributed by atoms with Gasteiger partial charge in [0.1, 0.15) is 10.7 Å². The molecule has 1 aliphatic rings. The summed E-state index contributed by atoms with van der Waals surface area (Å²) in [6.07, 6.45) is 0. The standard InChI is InChI=1S/C12H19N3OS.ClH/c1-11(2)10(12(11,3)4)15-9(16)7-6-17-8(5-13)14-7;/h6,10H,5,13H2,1-4H3,(H,15,16);1H. The van der Waals surface area contributed by atoms with Crippen LogP contribution >= 0.6 is 23.7 Å². The fraction of sp³-hybridized carbons (Fsp3) is 0.667. The molecule has 0 unspecified atom stereocenters. The molecule has 102 valence electrons. The summed E-state index contributed by atoms with van der Waals surface area (Å²) >= 11 is 1.43. The van der Waals surface area contributed by atoms with Crippen molar-refractivity contribution in [3.63, 3.8) is 0 Å². The first-order chi connectivity index (χ1) is 7.80. The minimum absolute atomic E-state index is 0. The molecule has 3 N–H and O–H groups in total. The lowest BCUT2D eigenvalue weighted by atomic mass is 10.0. The lowest BCUT2D eigenvalue weighted by Gasteiger charge is -2.04. The third kappa shape index (κ3) is 2.27. The number of amides is 1. The molecule has 0 aromatic carbocycles. The van der Waals surface area contributed by atoms with Crippen molar-refractivity contribution in [2.75, 3.05) is 0 Å². The molecule has 0 aliphatic heterocycles. The summed E-state index contributed by atoms with van der Waals surface area (Å²) in [5.74, 6) is -0.0930. The molecular formula is C12H20ClN3OS. The van der Waals surface area contributed by atoms with Crippen molar-refractivity contribution in [1.82, 2.24) is 10.3 Å². The Bertz CT molecular complexity index is 442. The number of nitrogens with zero attached hydrogens (tertiary/aromatic N) is 1. The molecule has 1 fully saturated rings. The van der Waals surface area contributed by atoms with Gasteiger partial charge in [0.15, 0.2) is 0 Å². The Morgan fingerprint density at radius 1 is 1.44 bits per heavy atom. The van der Waals surface area contributed by atoms with E-state index in [2.05, 4.69) is 38.0 Å². The number of carbonyl (C=O) groups is 1. The first-order valence-electron chi connectivity index (χ1n) is 5.76. The van der Waals surface area contributed by atoms with Crippen molar-refractivity contribution in [1.29, 1.82) is 0 Å². The predicted octanol–water partition coefficient (Wildman–Crippen LogP) is 2.19. The molecule has 0 saturated heterocycles. The van der Waals surface area contributed by atoms with Gasteiger partial charge in [0.2, 0.25) is 0 Å². The summed E-state index contributed by atoms with van der Waals surface area (Å²) in [6.45, 7) is 9.07. The van der Waals surface area contributed by atoms with Gasteiger partial charge in [-0.05, 0) is 10.8 Å². The Kier molecular flexibility index (Phi) is 4.10. The van der Waals surface area contributed by atoms with Crippen LogP contribution in [0.5, 0.6) is 0 Å². The van der Waals surface area contributed by atoms with E-state index in [0.717, 1.165) is 5.01 Å². The quantitative estimate of drug-likeness (QED) is 0.896. The largest absolute Gasteiger partial charge is 0.347 e. The summed E-state index contributed by atoms with van der Waals surface area (Å²) in [4.78, 5) is 16.2. The van der Waals surface area contributed by atoms with Crippen LogP contribution in [0, 0.1) is 10.8 Å². The highest BCUT2D eigenvalue weighted by molar-refractivity contribution is 7.09. The second-order valence-corrected chi connectivity index (χ2v) is 6.62. The Morgan fingerprint density at radius 2 is 2.00 bits per heavy atom. The van der Waals surface area contributed by atoms with Gasteiger partial charge in [-0.25, -0.2) is 4.98 Å². The molecule has 2 rings (SSSR count). The first-order valence-corrected chi connectivity index (χ1v) is 6.64. The van der Waals surface area contributed by atoms with Crippen molar-refractivity contribution in [2.45, 2.75) is 40.3 Å². The third-order valence-electron chi connectivity index (χ3n) is 4.26. The predicted molar refractivity (Wildman–Crippen MR) is 76.1 cm³/mol. The fourth-order valence-electron chi connectivity index (χ4n) is 2.27. The zero-order valence-electron chi connectivity index (χ0n) is 11.1. The summed E-state index contributed by atoms with van der Waals surface area (Å²) in [5.41, 5.74) is 6.26. The van der Waals surface area contributed by atoms with Crippen LogP contribution in [-0.2, 0) is 6.54 Å². The van der Waals surface area contributed by atoms with Crippen LogP contribution in [0.15, 0.2) is 5.38 Å². The van der Waals surface area contributed by atoms with Crippen molar-refractivity contribution in [3.05, 3.63) is 16.1 Å². The van der Waals surface area contributed by atoms with Crippen molar-refractivity contribution < 1.29 is 4.79 Å². The molecule has 0 atom stereocenters. The Morgan fingerprint density at radius 3 is 2.39 bits per heavy atom. The zero-order chi connectivity index (χ0) is 12.8. The average Bonchev–Trinajstić information content (AvgIpc) is 2.65. The number of nitrogens with two attached hydrogens (primary N) is 1. The first kappa shape index (κ1) is 15.4. The van der Waals surface area contributed by atoms with E-state index in [0.29, 0.717) is 12.2 Å². The molecule has 1 heterocycles. The Labute approximate surface area is 118 Å². The lowest BCUT2D eigenvalue weighted by molar-refractivity contribution is 0.0939. The monoisotopic (exact) mass is 289 g/mol. The molecule has 0 bridgehead atoms. The number of nitrogens with one attached hydrogen (secondary N) is 1. The van der Waals surface area contributed by atoms with E-state index < -0.39 is 0 Å². The average molecular weight is 290 g/mol. The Balaban J connectivity index is 0.00000162. The highest BCUT2D eigenvalue weighted by atomic mass is 35.5. The maximum atomic E-state index is 12.0. The number of hydrogen-bond donors (Lipinski definition) is 2. The van der Waals surface area contributed by atoms with E-state index in [4.69, 9.17) is 5.73 Å². The van der Waals surface area contributed by atoms with E-state index >= 15 is 0 Å². The summed E-state index contributed by atoms with van der Waals surface area (Å²) in [7, 11) is 0. The molecule has 1 amide bonds. The zero-order valence-corrected chi connectivity index (χ0v) is 12.7. The second-order valence-electron chi connectivity index (χ2n) is 5.68. The highest BCUT2D eigenvalue weighted by Gasteiger charge is 2.65. The third-order valence-corrected chi connectivity index (χ3v) is 5.13. The summed E-state index contributed by atoms with van der Waals surface area (Å²) in [5, 5.41) is 5.61. The smallest absolute Gasteiger partial charge is 0.271 e. The van der Waals surface area contributed by atoms with Gasteiger partial charge < -0.3 is 11.1 Å². The SMILES string of the molecule is CC1(C)C(NC(=O)c2csc(CN)n2)C1(C)C.Cl. The van der Waals surface area contributed by atoms with E-state index in [1.807, 2.05) is 0 Å². The number of hydrogen-bond acceptors (Lipinski definition) is 4. The molecule has 6 heteroatoms. The van der Waals surface area contributed by atoms with E-state index in [9.17, 15) is 4.79 Å². The molecule has 4 nitrogen and oxygen atoms in total. The minimum atomic E-state index is -0.0930. The highest BCUT2D eigenvalue weighted by Crippen LogP contribution is 2.62. The van der Waals surface area contributed by atoms with Crippen LogP contribution in [0.4, 0.5) is 0 Å². The van der Waals surface area contributed by atoms with Crippen LogP contribution in [0.2, 0.25) is 0 Å². The molecular weight excluding hydrogens is 270 g/mol. The molecule has 1 aliphatic carbocycles. The molecule has 1 saturated carbocycles. The second kappa shape index (κ2) is 4.79. The maximum absolute atomic E-state index is 12.0. The number of rotatable bonds is 3. The Hall–Kier alpha value is -0.650. The van der Waals surface area contributed by atoms with Crippen molar-refractivity contribution in [3.8, 4) is 0 Å². The number of aromatic nitrogens is 1. The van der Waals surface area contributed by atoms with Gasteiger partial charge in [-0.15, -0.1) is 23.7 Å². The lowest BCUT2D eigenvalue weighted by Crippen LogP contribution is -2.30. The van der Waals surface area contributed by atoms with Gasteiger partial charge in [0.05, 0.1) is 0 Å². The van der Waals surface area contributed by atoms with E-state index in [1.54, 1.807) is 5.38 Å². The van der Waals surface area contributed by atoms with E-state index in [1.165, 1.54) is 11.3 Å². The number of carbonyl (C=O) groups excluding carboxylic acids is 1. The van der Waals surface area contributed by atoms with Crippen LogP contribution in [-0.4, -0.2) is 16.9 Å². The summed E-state index contributed by atoms with van der Waals surface area (Å²) < 4.78 is 0. The molecule has 18 heavy (non-hydrogen) atoms. The van der Waals surface area contributed by atoms with Gasteiger partial charge >= 0.3 is 0 Å². The van der Waals surface area contributed by atoms with Crippen LogP contribution in [0.3, 0.4) is 0 Å². The molecule has 0 radical (unpaired) electrons. The van der Waals surface area contributed by atoms with Gasteiger partial charge in [0, 0.05) is 18.0 Å². The van der Waals surface area contributed by atoms with Crippen LogP contribution in [0.1, 0.15) is 43.2 Å². The molecule has 1 aromatic heterocycles. The molecule has 0 spiro atoms. The topological polar surface area (TPSA) is 68.0 Å². The molecule has 1 aromatic rings.